The molecular weight excluding hydrogens is 256 g/mol. The van der Waals surface area contributed by atoms with Crippen molar-refractivity contribution >= 4 is 5.78 Å². The second-order valence-corrected chi connectivity index (χ2v) is 4.34. The van der Waals surface area contributed by atoms with E-state index in [1.165, 1.54) is 21.4 Å². The molecule has 1 aliphatic heterocycles. The summed E-state index contributed by atoms with van der Waals surface area (Å²) in [6.45, 7) is -0.301. The average Bonchev–Trinajstić information content (AvgIpc) is 2.92. The molecule has 3 heterocycles. The zero-order chi connectivity index (χ0) is 13.6. The van der Waals surface area contributed by atoms with Crippen LogP contribution in [0.5, 0.6) is 0 Å². The van der Waals surface area contributed by atoms with Gasteiger partial charge < -0.3 is 14.9 Å². The molecule has 1 aliphatic rings. The van der Waals surface area contributed by atoms with Gasteiger partial charge in [0.1, 0.15) is 12.3 Å². The summed E-state index contributed by atoms with van der Waals surface area (Å²) in [5.41, 5.74) is -1.34. The highest BCUT2D eigenvalue weighted by Crippen LogP contribution is 2.29. The van der Waals surface area contributed by atoms with E-state index >= 15 is 0 Å². The van der Waals surface area contributed by atoms with Gasteiger partial charge in [0.2, 0.25) is 5.78 Å². The minimum atomic E-state index is -0.800. The van der Waals surface area contributed by atoms with E-state index in [1.807, 2.05) is 4.98 Å². The molecule has 0 spiro atoms. The predicted molar refractivity (Wildman–Crippen MR) is 61.7 cm³/mol. The van der Waals surface area contributed by atoms with Gasteiger partial charge in [-0.3, -0.25) is 9.55 Å². The third-order valence-corrected chi connectivity index (χ3v) is 3.15. The van der Waals surface area contributed by atoms with Crippen LogP contribution in [0.2, 0.25) is 0 Å². The van der Waals surface area contributed by atoms with E-state index in [1.54, 1.807) is 0 Å². The molecule has 0 saturated carbocycles. The molecule has 0 amide bonds. The Morgan fingerprint density at radius 3 is 2.95 bits per heavy atom. The Bertz CT molecular complexity index is 717. The van der Waals surface area contributed by atoms with Gasteiger partial charge in [0.05, 0.1) is 12.7 Å². The van der Waals surface area contributed by atoms with Crippen LogP contribution in [-0.4, -0.2) is 48.0 Å². The summed E-state index contributed by atoms with van der Waals surface area (Å²) < 4.78 is 8.10. The summed E-state index contributed by atoms with van der Waals surface area (Å²) in [4.78, 5) is 28.5. The molecule has 0 aliphatic carbocycles. The molecular formula is C10H12N4O5. The Labute approximate surface area is 105 Å². The van der Waals surface area contributed by atoms with Crippen LogP contribution in [0.25, 0.3) is 5.78 Å². The molecule has 0 radical (unpaired) electrons. The van der Waals surface area contributed by atoms with E-state index in [0.717, 1.165) is 0 Å². The molecule has 2 aromatic heterocycles. The smallest absolute Gasteiger partial charge is 0.352 e. The fourth-order valence-electron chi connectivity index (χ4n) is 2.21. The van der Waals surface area contributed by atoms with Gasteiger partial charge in [0.15, 0.2) is 0 Å². The second-order valence-electron chi connectivity index (χ2n) is 4.34. The van der Waals surface area contributed by atoms with Crippen molar-refractivity contribution in [3.8, 4) is 0 Å². The second kappa shape index (κ2) is 4.30. The molecule has 9 heteroatoms. The van der Waals surface area contributed by atoms with Crippen molar-refractivity contribution < 1.29 is 14.9 Å². The lowest BCUT2D eigenvalue weighted by Gasteiger charge is -2.13. The van der Waals surface area contributed by atoms with Crippen LogP contribution in [0, 0.1) is 0 Å². The summed E-state index contributed by atoms with van der Waals surface area (Å²) in [7, 11) is 0. The van der Waals surface area contributed by atoms with Crippen LogP contribution in [0.3, 0.4) is 0 Å². The van der Waals surface area contributed by atoms with Gasteiger partial charge >= 0.3 is 11.4 Å². The highest BCUT2D eigenvalue weighted by atomic mass is 16.5. The van der Waals surface area contributed by atoms with Gasteiger partial charge in [-0.05, 0) is 0 Å². The van der Waals surface area contributed by atoms with Crippen LogP contribution >= 0.6 is 0 Å². The number of rotatable bonds is 2. The maximum Gasteiger partial charge on any atom is 0.352 e. The number of nitrogens with zero attached hydrogens (tertiary/aromatic N) is 3. The monoisotopic (exact) mass is 268 g/mol. The predicted octanol–water partition coefficient (Wildman–Crippen LogP) is -2.17. The van der Waals surface area contributed by atoms with Crippen molar-refractivity contribution in [2.24, 2.45) is 0 Å². The number of hydrogen-bond donors (Lipinski definition) is 3. The first-order valence-electron chi connectivity index (χ1n) is 5.74. The van der Waals surface area contributed by atoms with Gasteiger partial charge in [-0.2, -0.15) is 4.98 Å². The minimum Gasteiger partial charge on any atom is -0.394 e. The minimum absolute atomic E-state index is 0.129. The lowest BCUT2D eigenvalue weighted by molar-refractivity contribution is -0.0432. The summed E-state index contributed by atoms with van der Waals surface area (Å²) in [5, 5.41) is 18.7. The third kappa shape index (κ3) is 1.87. The number of H-pyrrole nitrogens is 1. The number of nitrogens with one attached hydrogen (secondary N) is 1. The van der Waals surface area contributed by atoms with Crippen molar-refractivity contribution in [1.82, 2.24) is 18.9 Å². The van der Waals surface area contributed by atoms with E-state index in [2.05, 4.69) is 4.98 Å². The first kappa shape index (κ1) is 12.1. The van der Waals surface area contributed by atoms with Gasteiger partial charge in [0, 0.05) is 18.8 Å². The lowest BCUT2D eigenvalue weighted by Crippen LogP contribution is -2.28. The molecule has 1 unspecified atom stereocenters. The number of aromatic nitrogens is 4. The highest BCUT2D eigenvalue weighted by Gasteiger charge is 2.35. The number of imidazole rings is 1. The molecule has 1 saturated heterocycles. The van der Waals surface area contributed by atoms with Crippen LogP contribution in [-0.2, 0) is 4.74 Å². The zero-order valence-corrected chi connectivity index (χ0v) is 9.76. The fraction of sp³-hybridized carbons (Fsp3) is 0.500. The van der Waals surface area contributed by atoms with Crippen molar-refractivity contribution in [3.05, 3.63) is 33.4 Å². The zero-order valence-electron chi connectivity index (χ0n) is 9.76. The summed E-state index contributed by atoms with van der Waals surface area (Å²) in [6, 6.07) is 0. The summed E-state index contributed by atoms with van der Waals surface area (Å²) in [5.74, 6) is 0.129. The van der Waals surface area contributed by atoms with Crippen LogP contribution in [0.15, 0.2) is 22.0 Å². The molecule has 3 rings (SSSR count). The van der Waals surface area contributed by atoms with E-state index in [4.69, 9.17) is 9.84 Å². The third-order valence-electron chi connectivity index (χ3n) is 3.15. The molecule has 102 valence electrons. The van der Waals surface area contributed by atoms with Crippen LogP contribution < -0.4 is 11.4 Å². The molecule has 3 N–H and O–H groups in total. The number of hydrogen-bond acceptors (Lipinski definition) is 6. The molecule has 19 heavy (non-hydrogen) atoms. The maximum atomic E-state index is 11.5. The van der Waals surface area contributed by atoms with E-state index in [0.29, 0.717) is 0 Å². The standard InChI is InChI=1S/C10H12N4O5/c15-4-6-5(16)3-7(19-6)13-1-2-14-9(13)11-8(17)12-10(14)18/h1-2,5-7,15-16H,3-4H2,(H,12,17,18)/t5?,6-,7-/m1/s1. The SMILES string of the molecule is O=c1nc2n([C@H]3CC(O)[C@@H](CO)O3)ccn2c(=O)[nH]1. The van der Waals surface area contributed by atoms with Gasteiger partial charge in [-0.15, -0.1) is 0 Å². The van der Waals surface area contributed by atoms with Crippen LogP contribution in [0.1, 0.15) is 12.6 Å². The topological polar surface area (TPSA) is 122 Å². The van der Waals surface area contributed by atoms with E-state index in [9.17, 15) is 14.7 Å². The number of fused-ring (bicyclic) bond motifs is 1. The van der Waals surface area contributed by atoms with E-state index < -0.39 is 29.8 Å². The van der Waals surface area contributed by atoms with E-state index in [-0.39, 0.29) is 18.8 Å². The quantitative estimate of drug-likeness (QED) is 0.569. The average molecular weight is 268 g/mol. The maximum absolute atomic E-state index is 11.5. The molecule has 3 atom stereocenters. The van der Waals surface area contributed by atoms with Gasteiger partial charge in [-0.25, -0.2) is 14.0 Å². The number of aliphatic hydroxyl groups excluding tert-OH is 2. The normalized spacial score (nSPS) is 27.2. The highest BCUT2D eigenvalue weighted by molar-refractivity contribution is 5.28. The Kier molecular flexibility index (Phi) is 2.73. The van der Waals surface area contributed by atoms with Gasteiger partial charge in [-0.1, -0.05) is 0 Å². The van der Waals surface area contributed by atoms with Crippen molar-refractivity contribution in [1.29, 1.82) is 0 Å². The molecule has 1 fully saturated rings. The number of aromatic amines is 1. The Morgan fingerprint density at radius 2 is 2.26 bits per heavy atom. The number of ether oxygens (including phenoxy) is 1. The molecule has 9 nitrogen and oxygen atoms in total. The number of aliphatic hydroxyl groups is 2. The fourth-order valence-corrected chi connectivity index (χ4v) is 2.21. The Hall–Kier alpha value is -1.97. The summed E-state index contributed by atoms with van der Waals surface area (Å²) in [6.07, 6.45) is 1.17. The van der Waals surface area contributed by atoms with Crippen molar-refractivity contribution in [3.63, 3.8) is 0 Å². The molecule has 0 aromatic carbocycles. The molecule has 0 bridgehead atoms. The largest absolute Gasteiger partial charge is 0.394 e. The lowest BCUT2D eigenvalue weighted by atomic mass is 10.2. The summed E-state index contributed by atoms with van der Waals surface area (Å²) >= 11 is 0. The van der Waals surface area contributed by atoms with Crippen molar-refractivity contribution in [2.75, 3.05) is 6.61 Å². The first-order chi connectivity index (χ1) is 9.10. The van der Waals surface area contributed by atoms with Crippen LogP contribution in [0.4, 0.5) is 0 Å². The Morgan fingerprint density at radius 1 is 1.47 bits per heavy atom. The first-order valence-corrected chi connectivity index (χ1v) is 5.74. The van der Waals surface area contributed by atoms with Gasteiger partial charge in [0.25, 0.3) is 0 Å². The molecule has 2 aromatic rings. The Balaban J connectivity index is 2.07. The van der Waals surface area contributed by atoms with Crippen molar-refractivity contribution in [2.45, 2.75) is 24.9 Å².